The van der Waals surface area contributed by atoms with Crippen LogP contribution in [0.1, 0.15) is 31.9 Å². The highest BCUT2D eigenvalue weighted by molar-refractivity contribution is 5.00. The maximum Gasteiger partial charge on any atom is 0.0492 e. The average molecular weight is 207 g/mol. The molecule has 0 aromatic carbocycles. The van der Waals surface area contributed by atoms with Crippen LogP contribution in [-0.2, 0) is 13.5 Å². The standard InChI is InChI=1S/C12H21N3/c1-10-5-7-13-11(9-10)3-4-12-6-8-14-15(12)2/h6,8,10-11,13H,3-5,7,9H2,1-2H3. The van der Waals surface area contributed by atoms with Crippen molar-refractivity contribution in [3.8, 4) is 0 Å². The summed E-state index contributed by atoms with van der Waals surface area (Å²) in [5.74, 6) is 0.891. The molecule has 0 amide bonds. The summed E-state index contributed by atoms with van der Waals surface area (Å²) in [6.45, 7) is 3.55. The lowest BCUT2D eigenvalue weighted by Crippen LogP contribution is -2.37. The summed E-state index contributed by atoms with van der Waals surface area (Å²) in [5.41, 5.74) is 1.34. The van der Waals surface area contributed by atoms with E-state index in [1.54, 1.807) is 0 Å². The summed E-state index contributed by atoms with van der Waals surface area (Å²) in [6, 6.07) is 2.83. The zero-order chi connectivity index (χ0) is 10.7. The van der Waals surface area contributed by atoms with Crippen molar-refractivity contribution in [3.63, 3.8) is 0 Å². The summed E-state index contributed by atoms with van der Waals surface area (Å²) in [6.07, 6.45) is 6.93. The van der Waals surface area contributed by atoms with Crippen LogP contribution < -0.4 is 5.32 Å². The molecule has 0 bridgehead atoms. The van der Waals surface area contributed by atoms with Gasteiger partial charge in [-0.2, -0.15) is 5.10 Å². The number of hydrogen-bond acceptors (Lipinski definition) is 2. The van der Waals surface area contributed by atoms with Crippen LogP contribution in [0.3, 0.4) is 0 Å². The third-order valence-corrected chi connectivity index (χ3v) is 3.43. The highest BCUT2D eigenvalue weighted by Crippen LogP contribution is 2.18. The molecular weight excluding hydrogens is 186 g/mol. The largest absolute Gasteiger partial charge is 0.314 e. The molecule has 15 heavy (non-hydrogen) atoms. The molecule has 1 aromatic heterocycles. The van der Waals surface area contributed by atoms with Crippen LogP contribution in [0.2, 0.25) is 0 Å². The topological polar surface area (TPSA) is 29.9 Å². The van der Waals surface area contributed by atoms with Crippen LogP contribution in [0, 0.1) is 5.92 Å². The van der Waals surface area contributed by atoms with Crippen LogP contribution in [-0.4, -0.2) is 22.4 Å². The normalized spacial score (nSPS) is 26.8. The van der Waals surface area contributed by atoms with Crippen LogP contribution in [0.15, 0.2) is 12.3 Å². The second-order valence-electron chi connectivity index (χ2n) is 4.77. The Hall–Kier alpha value is -0.830. The van der Waals surface area contributed by atoms with Gasteiger partial charge in [0, 0.05) is 25.0 Å². The lowest BCUT2D eigenvalue weighted by atomic mass is 9.91. The molecule has 1 aliphatic rings. The van der Waals surface area contributed by atoms with E-state index in [1.807, 2.05) is 17.9 Å². The van der Waals surface area contributed by atoms with Gasteiger partial charge in [0.15, 0.2) is 0 Å². The van der Waals surface area contributed by atoms with Gasteiger partial charge in [-0.25, -0.2) is 0 Å². The van der Waals surface area contributed by atoms with Crippen LogP contribution in [0.25, 0.3) is 0 Å². The van der Waals surface area contributed by atoms with Crippen molar-refractivity contribution in [2.75, 3.05) is 6.54 Å². The fraction of sp³-hybridized carbons (Fsp3) is 0.750. The van der Waals surface area contributed by atoms with E-state index >= 15 is 0 Å². The summed E-state index contributed by atoms with van der Waals surface area (Å²) < 4.78 is 1.98. The molecule has 1 N–H and O–H groups in total. The molecule has 1 fully saturated rings. The molecule has 1 aliphatic heterocycles. The predicted octanol–water partition coefficient (Wildman–Crippen LogP) is 1.74. The van der Waals surface area contributed by atoms with Crippen LogP contribution in [0.5, 0.6) is 0 Å². The SMILES string of the molecule is CC1CCNC(CCc2ccnn2C)C1. The first kappa shape index (κ1) is 10.7. The quantitative estimate of drug-likeness (QED) is 0.818. The van der Waals surface area contributed by atoms with Crippen molar-refractivity contribution in [2.45, 2.75) is 38.6 Å². The fourth-order valence-corrected chi connectivity index (χ4v) is 2.41. The van der Waals surface area contributed by atoms with Crippen LogP contribution >= 0.6 is 0 Å². The Kier molecular flexibility index (Phi) is 3.41. The van der Waals surface area contributed by atoms with Gasteiger partial charge in [-0.15, -0.1) is 0 Å². The van der Waals surface area contributed by atoms with E-state index < -0.39 is 0 Å². The second-order valence-corrected chi connectivity index (χ2v) is 4.77. The molecule has 1 saturated heterocycles. The maximum atomic E-state index is 4.19. The molecule has 0 spiro atoms. The van der Waals surface area contributed by atoms with Crippen molar-refractivity contribution in [2.24, 2.45) is 13.0 Å². The van der Waals surface area contributed by atoms with Gasteiger partial charge in [0.2, 0.25) is 0 Å². The van der Waals surface area contributed by atoms with E-state index in [-0.39, 0.29) is 0 Å². The summed E-state index contributed by atoms with van der Waals surface area (Å²) >= 11 is 0. The highest BCUT2D eigenvalue weighted by Gasteiger charge is 2.17. The first-order valence-electron chi connectivity index (χ1n) is 5.96. The molecule has 3 nitrogen and oxygen atoms in total. The molecule has 84 valence electrons. The van der Waals surface area contributed by atoms with Gasteiger partial charge in [0.25, 0.3) is 0 Å². The monoisotopic (exact) mass is 207 g/mol. The first-order valence-corrected chi connectivity index (χ1v) is 5.96. The Morgan fingerprint density at radius 2 is 2.47 bits per heavy atom. The van der Waals surface area contributed by atoms with Crippen molar-refractivity contribution >= 4 is 0 Å². The van der Waals surface area contributed by atoms with Crippen molar-refractivity contribution < 1.29 is 0 Å². The van der Waals surface area contributed by atoms with Crippen LogP contribution in [0.4, 0.5) is 0 Å². The lowest BCUT2D eigenvalue weighted by Gasteiger charge is -2.28. The number of hydrogen-bond donors (Lipinski definition) is 1. The molecule has 2 heterocycles. The van der Waals surface area contributed by atoms with Crippen molar-refractivity contribution in [1.29, 1.82) is 0 Å². The smallest absolute Gasteiger partial charge is 0.0492 e. The van der Waals surface area contributed by atoms with Gasteiger partial charge in [-0.1, -0.05) is 6.92 Å². The Bertz CT molecular complexity index is 306. The lowest BCUT2D eigenvalue weighted by molar-refractivity contribution is 0.307. The zero-order valence-electron chi connectivity index (χ0n) is 9.74. The van der Waals surface area contributed by atoms with Gasteiger partial charge >= 0.3 is 0 Å². The Balaban J connectivity index is 1.80. The average Bonchev–Trinajstić information content (AvgIpc) is 2.61. The van der Waals surface area contributed by atoms with E-state index in [2.05, 4.69) is 23.4 Å². The minimum atomic E-state index is 0.712. The Morgan fingerprint density at radius 3 is 3.13 bits per heavy atom. The number of aryl methyl sites for hydroxylation is 2. The number of piperidine rings is 1. The molecular formula is C12H21N3. The Morgan fingerprint density at radius 1 is 1.60 bits per heavy atom. The molecule has 3 heteroatoms. The molecule has 0 saturated carbocycles. The van der Waals surface area contributed by atoms with Crippen molar-refractivity contribution in [1.82, 2.24) is 15.1 Å². The van der Waals surface area contributed by atoms with E-state index in [1.165, 1.54) is 31.5 Å². The maximum absolute atomic E-state index is 4.19. The third kappa shape index (κ3) is 2.81. The van der Waals surface area contributed by atoms with E-state index in [9.17, 15) is 0 Å². The first-order chi connectivity index (χ1) is 7.25. The van der Waals surface area contributed by atoms with E-state index in [0.29, 0.717) is 6.04 Å². The van der Waals surface area contributed by atoms with E-state index in [4.69, 9.17) is 0 Å². The summed E-state index contributed by atoms with van der Waals surface area (Å²) in [7, 11) is 2.02. The molecule has 1 aromatic rings. The molecule has 0 radical (unpaired) electrons. The summed E-state index contributed by atoms with van der Waals surface area (Å²) in [5, 5.41) is 7.79. The minimum absolute atomic E-state index is 0.712. The van der Waals surface area contributed by atoms with Gasteiger partial charge < -0.3 is 5.32 Å². The molecule has 2 rings (SSSR count). The van der Waals surface area contributed by atoms with Gasteiger partial charge in [0.05, 0.1) is 0 Å². The second kappa shape index (κ2) is 4.79. The molecule has 0 aliphatic carbocycles. The van der Waals surface area contributed by atoms with Gasteiger partial charge in [0.1, 0.15) is 0 Å². The van der Waals surface area contributed by atoms with Gasteiger partial charge in [-0.05, 0) is 44.2 Å². The third-order valence-electron chi connectivity index (χ3n) is 3.43. The number of rotatable bonds is 3. The van der Waals surface area contributed by atoms with E-state index in [0.717, 1.165) is 12.3 Å². The number of nitrogens with zero attached hydrogens (tertiary/aromatic N) is 2. The number of nitrogens with one attached hydrogen (secondary N) is 1. The highest BCUT2D eigenvalue weighted by atomic mass is 15.2. The van der Waals surface area contributed by atoms with Gasteiger partial charge in [-0.3, -0.25) is 4.68 Å². The summed E-state index contributed by atoms with van der Waals surface area (Å²) in [4.78, 5) is 0. The zero-order valence-corrected chi connectivity index (χ0v) is 9.74. The number of aromatic nitrogens is 2. The molecule has 2 unspecified atom stereocenters. The fourth-order valence-electron chi connectivity index (χ4n) is 2.41. The molecule has 2 atom stereocenters. The predicted molar refractivity (Wildman–Crippen MR) is 61.7 cm³/mol. The minimum Gasteiger partial charge on any atom is -0.314 e. The Labute approximate surface area is 91.9 Å². The van der Waals surface area contributed by atoms with Crippen molar-refractivity contribution in [3.05, 3.63) is 18.0 Å².